The fraction of sp³-hybridized carbons (Fsp3) is 0.368. The van der Waals surface area contributed by atoms with Gasteiger partial charge in [0.15, 0.2) is 0 Å². The molecule has 0 saturated carbocycles. The number of hydrogen-bond acceptors (Lipinski definition) is 1. The topological polar surface area (TPSA) is 12.0 Å². The van der Waals surface area contributed by atoms with Crippen molar-refractivity contribution in [2.45, 2.75) is 31.7 Å². The maximum Gasteiger partial charge on any atom is 0.0342 e. The standard InChI is InChI=1S/C19H23N/c1-15(2)18-13-19(14-20-18,16-9-5-3-6-10-16)17-11-7-4-8-12-17/h3-12,15,18,20H,13-14H2,1-2H3/t18-/m1/s1. The first kappa shape index (κ1) is 13.4. The van der Waals surface area contributed by atoms with Crippen LogP contribution in [0.1, 0.15) is 31.4 Å². The summed E-state index contributed by atoms with van der Waals surface area (Å²) >= 11 is 0. The van der Waals surface area contributed by atoms with Gasteiger partial charge in [0.05, 0.1) is 0 Å². The van der Waals surface area contributed by atoms with Gasteiger partial charge in [0.1, 0.15) is 0 Å². The van der Waals surface area contributed by atoms with Crippen LogP contribution in [0.5, 0.6) is 0 Å². The van der Waals surface area contributed by atoms with Crippen LogP contribution in [0, 0.1) is 5.92 Å². The predicted octanol–water partition coefficient (Wildman–Crippen LogP) is 3.99. The lowest BCUT2D eigenvalue weighted by atomic mass is 9.72. The molecule has 2 aromatic rings. The Morgan fingerprint density at radius 2 is 1.40 bits per heavy atom. The zero-order chi connectivity index (χ0) is 14.0. The molecule has 1 saturated heterocycles. The molecule has 1 nitrogen and oxygen atoms in total. The van der Waals surface area contributed by atoms with E-state index >= 15 is 0 Å². The Labute approximate surface area is 122 Å². The first-order valence-electron chi connectivity index (χ1n) is 7.57. The van der Waals surface area contributed by atoms with Gasteiger partial charge in [-0.1, -0.05) is 74.5 Å². The summed E-state index contributed by atoms with van der Waals surface area (Å²) in [6.07, 6.45) is 1.18. The summed E-state index contributed by atoms with van der Waals surface area (Å²) < 4.78 is 0. The number of rotatable bonds is 3. The van der Waals surface area contributed by atoms with E-state index in [1.807, 2.05) is 0 Å². The second-order valence-electron chi connectivity index (χ2n) is 6.25. The van der Waals surface area contributed by atoms with Crippen LogP contribution in [0.3, 0.4) is 0 Å². The molecular weight excluding hydrogens is 242 g/mol. The maximum absolute atomic E-state index is 3.74. The molecule has 1 N–H and O–H groups in total. The Balaban J connectivity index is 2.06. The van der Waals surface area contributed by atoms with Crippen LogP contribution in [0.4, 0.5) is 0 Å². The van der Waals surface area contributed by atoms with Crippen molar-refractivity contribution in [3.8, 4) is 0 Å². The molecule has 1 aliphatic rings. The first-order valence-corrected chi connectivity index (χ1v) is 7.57. The Morgan fingerprint density at radius 1 is 0.900 bits per heavy atom. The van der Waals surface area contributed by atoms with Crippen molar-refractivity contribution >= 4 is 0 Å². The quantitative estimate of drug-likeness (QED) is 0.885. The molecule has 0 radical (unpaired) electrons. The van der Waals surface area contributed by atoms with E-state index in [0.717, 1.165) is 6.54 Å². The second-order valence-corrected chi connectivity index (χ2v) is 6.25. The number of nitrogens with one attached hydrogen (secondary N) is 1. The van der Waals surface area contributed by atoms with Crippen molar-refractivity contribution in [2.24, 2.45) is 5.92 Å². The SMILES string of the molecule is CC(C)[C@H]1CC(c2ccccc2)(c2ccccc2)CN1. The highest BCUT2D eigenvalue weighted by molar-refractivity contribution is 5.41. The van der Waals surface area contributed by atoms with Gasteiger partial charge in [-0.15, -0.1) is 0 Å². The van der Waals surface area contributed by atoms with Crippen molar-refractivity contribution in [1.29, 1.82) is 0 Å². The Kier molecular flexibility index (Phi) is 3.62. The third-order valence-electron chi connectivity index (χ3n) is 4.69. The van der Waals surface area contributed by atoms with Gasteiger partial charge >= 0.3 is 0 Å². The summed E-state index contributed by atoms with van der Waals surface area (Å²) in [7, 11) is 0. The van der Waals surface area contributed by atoms with E-state index in [9.17, 15) is 0 Å². The highest BCUT2D eigenvalue weighted by atomic mass is 15.0. The molecule has 0 bridgehead atoms. The van der Waals surface area contributed by atoms with Crippen LogP contribution in [0.15, 0.2) is 60.7 Å². The van der Waals surface area contributed by atoms with Crippen molar-refractivity contribution in [1.82, 2.24) is 5.32 Å². The molecule has 2 aromatic carbocycles. The normalized spacial score (nSPS) is 21.2. The second kappa shape index (κ2) is 5.41. The van der Waals surface area contributed by atoms with Crippen LogP contribution in [0.25, 0.3) is 0 Å². The molecule has 1 fully saturated rings. The lowest BCUT2D eigenvalue weighted by molar-refractivity contribution is 0.436. The smallest absolute Gasteiger partial charge is 0.0342 e. The Hall–Kier alpha value is -1.60. The number of hydrogen-bond donors (Lipinski definition) is 1. The summed E-state index contributed by atoms with van der Waals surface area (Å²) in [6, 6.07) is 22.5. The van der Waals surface area contributed by atoms with Crippen molar-refractivity contribution in [2.75, 3.05) is 6.54 Å². The molecule has 20 heavy (non-hydrogen) atoms. The summed E-state index contributed by atoms with van der Waals surface area (Å²) in [5.41, 5.74) is 2.99. The van der Waals surface area contributed by atoms with E-state index in [1.165, 1.54) is 17.5 Å². The van der Waals surface area contributed by atoms with E-state index in [1.54, 1.807) is 0 Å². The molecule has 0 spiro atoms. The third-order valence-corrected chi connectivity index (χ3v) is 4.69. The van der Waals surface area contributed by atoms with Gasteiger partial charge in [0.25, 0.3) is 0 Å². The molecule has 0 unspecified atom stereocenters. The molecule has 1 atom stereocenters. The fourth-order valence-corrected chi connectivity index (χ4v) is 3.42. The summed E-state index contributed by atoms with van der Waals surface area (Å²) in [6.45, 7) is 5.65. The van der Waals surface area contributed by atoms with E-state index < -0.39 is 0 Å². The highest BCUT2D eigenvalue weighted by Gasteiger charge is 2.42. The van der Waals surface area contributed by atoms with Gasteiger partial charge in [-0.05, 0) is 23.5 Å². The van der Waals surface area contributed by atoms with E-state index in [2.05, 4.69) is 79.8 Å². The summed E-state index contributed by atoms with van der Waals surface area (Å²) in [5, 5.41) is 3.74. The van der Waals surface area contributed by atoms with Crippen molar-refractivity contribution in [3.63, 3.8) is 0 Å². The van der Waals surface area contributed by atoms with Crippen LogP contribution in [0.2, 0.25) is 0 Å². The monoisotopic (exact) mass is 265 g/mol. The average Bonchev–Trinajstić information content (AvgIpc) is 2.96. The maximum atomic E-state index is 3.74. The molecule has 1 aliphatic heterocycles. The number of benzene rings is 2. The van der Waals surface area contributed by atoms with Gasteiger partial charge in [-0.25, -0.2) is 0 Å². The van der Waals surface area contributed by atoms with Crippen LogP contribution in [-0.4, -0.2) is 12.6 Å². The van der Waals surface area contributed by atoms with Crippen molar-refractivity contribution in [3.05, 3.63) is 71.8 Å². The largest absolute Gasteiger partial charge is 0.312 e. The first-order chi connectivity index (χ1) is 9.72. The molecule has 0 amide bonds. The van der Waals surface area contributed by atoms with E-state index in [4.69, 9.17) is 0 Å². The minimum Gasteiger partial charge on any atom is -0.312 e. The lowest BCUT2D eigenvalue weighted by Gasteiger charge is -2.30. The molecule has 104 valence electrons. The van der Waals surface area contributed by atoms with Gasteiger partial charge in [-0.2, -0.15) is 0 Å². The molecule has 1 heteroatoms. The molecule has 0 aromatic heterocycles. The predicted molar refractivity (Wildman–Crippen MR) is 84.9 cm³/mol. The minimum absolute atomic E-state index is 0.122. The summed E-state index contributed by atoms with van der Waals surface area (Å²) in [4.78, 5) is 0. The zero-order valence-electron chi connectivity index (χ0n) is 12.3. The lowest BCUT2D eigenvalue weighted by Crippen LogP contribution is -2.30. The summed E-state index contributed by atoms with van der Waals surface area (Å²) in [5.74, 6) is 0.671. The van der Waals surface area contributed by atoms with Gasteiger partial charge in [0.2, 0.25) is 0 Å². The van der Waals surface area contributed by atoms with Crippen LogP contribution in [-0.2, 0) is 5.41 Å². The molecule has 3 rings (SSSR count). The fourth-order valence-electron chi connectivity index (χ4n) is 3.42. The molecule has 1 heterocycles. The molecular formula is C19H23N. The van der Waals surface area contributed by atoms with Crippen molar-refractivity contribution < 1.29 is 0 Å². The Bertz CT molecular complexity index is 505. The highest BCUT2D eigenvalue weighted by Crippen LogP contribution is 2.41. The minimum atomic E-state index is 0.122. The Morgan fingerprint density at radius 3 is 1.80 bits per heavy atom. The average molecular weight is 265 g/mol. The zero-order valence-corrected chi connectivity index (χ0v) is 12.3. The van der Waals surface area contributed by atoms with E-state index in [0.29, 0.717) is 12.0 Å². The third kappa shape index (κ3) is 2.27. The van der Waals surface area contributed by atoms with Gasteiger partial charge in [0, 0.05) is 18.0 Å². The van der Waals surface area contributed by atoms with Gasteiger partial charge < -0.3 is 5.32 Å². The van der Waals surface area contributed by atoms with Crippen LogP contribution >= 0.6 is 0 Å². The van der Waals surface area contributed by atoms with Gasteiger partial charge in [-0.3, -0.25) is 0 Å². The van der Waals surface area contributed by atoms with Crippen LogP contribution < -0.4 is 5.32 Å². The molecule has 0 aliphatic carbocycles. The van der Waals surface area contributed by atoms with E-state index in [-0.39, 0.29) is 5.41 Å².